The zero-order valence-electron chi connectivity index (χ0n) is 21.3. The Morgan fingerprint density at radius 3 is 2.23 bits per heavy atom. The van der Waals surface area contributed by atoms with Crippen molar-refractivity contribution in [1.29, 1.82) is 0 Å². The van der Waals surface area contributed by atoms with Gasteiger partial charge < -0.3 is 14.2 Å². The van der Waals surface area contributed by atoms with Gasteiger partial charge >= 0.3 is 5.97 Å². The van der Waals surface area contributed by atoms with Gasteiger partial charge in [0.1, 0.15) is 11.7 Å². The molecule has 0 atom stereocenters. The van der Waals surface area contributed by atoms with Gasteiger partial charge in [0, 0.05) is 18.0 Å². The standard InChI is InChI=1S/C29H40N2O4/c1-3-5-6-8-27-33-19-25(20-34-27)29(32)35-26-15-13-23(14-16-26)28-30-17-24(18-31-28)22-11-9-21(7-4-2)10-12-22/h13-18,21-22,25,27H,3-12,19-20H2,1-2H3/t21-,22-,25?,27?. The summed E-state index contributed by atoms with van der Waals surface area (Å²) in [6.45, 7) is 5.13. The minimum atomic E-state index is -0.398. The number of hydrogen-bond donors (Lipinski definition) is 0. The molecule has 1 aromatic carbocycles. The molecule has 4 rings (SSSR count). The van der Waals surface area contributed by atoms with Crippen LogP contribution in [0, 0.1) is 11.8 Å². The molecule has 2 heterocycles. The van der Waals surface area contributed by atoms with Crippen LogP contribution in [0.15, 0.2) is 36.7 Å². The molecule has 2 aromatic rings. The van der Waals surface area contributed by atoms with Gasteiger partial charge in [0.25, 0.3) is 0 Å². The third-order valence-corrected chi connectivity index (χ3v) is 7.36. The topological polar surface area (TPSA) is 70.5 Å². The summed E-state index contributed by atoms with van der Waals surface area (Å²) in [4.78, 5) is 21.8. The summed E-state index contributed by atoms with van der Waals surface area (Å²) in [5.41, 5.74) is 2.15. The third-order valence-electron chi connectivity index (χ3n) is 7.36. The number of ether oxygens (including phenoxy) is 3. The predicted octanol–water partition coefficient (Wildman–Crippen LogP) is 6.69. The normalized spacial score (nSPS) is 24.7. The number of hydrogen-bond acceptors (Lipinski definition) is 6. The molecule has 0 spiro atoms. The summed E-state index contributed by atoms with van der Waals surface area (Å²) >= 11 is 0. The zero-order valence-corrected chi connectivity index (χ0v) is 21.3. The van der Waals surface area contributed by atoms with Gasteiger partial charge in [0.2, 0.25) is 0 Å². The minimum absolute atomic E-state index is 0.202. The lowest BCUT2D eigenvalue weighted by molar-refractivity contribution is -0.208. The van der Waals surface area contributed by atoms with E-state index in [2.05, 4.69) is 23.8 Å². The average molecular weight is 481 g/mol. The van der Waals surface area contributed by atoms with Crippen molar-refractivity contribution in [2.75, 3.05) is 13.2 Å². The Kier molecular flexibility index (Phi) is 9.66. The first-order chi connectivity index (χ1) is 17.2. The van der Waals surface area contributed by atoms with Gasteiger partial charge in [-0.3, -0.25) is 4.79 Å². The van der Waals surface area contributed by atoms with E-state index in [0.29, 0.717) is 30.7 Å². The van der Waals surface area contributed by atoms with Crippen molar-refractivity contribution in [3.05, 3.63) is 42.2 Å². The van der Waals surface area contributed by atoms with Crippen LogP contribution in [0.2, 0.25) is 0 Å². The number of rotatable bonds is 10. The number of benzene rings is 1. The fraction of sp³-hybridized carbons (Fsp3) is 0.621. The quantitative estimate of drug-likeness (QED) is 0.214. The molecule has 190 valence electrons. The lowest BCUT2D eigenvalue weighted by Crippen LogP contribution is -2.38. The Bertz CT molecular complexity index is 899. The highest BCUT2D eigenvalue weighted by Gasteiger charge is 2.29. The third kappa shape index (κ3) is 7.34. The van der Waals surface area contributed by atoms with Crippen LogP contribution < -0.4 is 4.74 Å². The summed E-state index contributed by atoms with van der Waals surface area (Å²) in [6.07, 6.45) is 15.8. The summed E-state index contributed by atoms with van der Waals surface area (Å²) in [6, 6.07) is 7.37. The first-order valence-corrected chi connectivity index (χ1v) is 13.5. The minimum Gasteiger partial charge on any atom is -0.426 e. The molecule has 0 radical (unpaired) electrons. The molecule has 0 N–H and O–H groups in total. The molecule has 1 aliphatic heterocycles. The summed E-state index contributed by atoms with van der Waals surface area (Å²) in [7, 11) is 0. The predicted molar refractivity (Wildman–Crippen MR) is 136 cm³/mol. The Morgan fingerprint density at radius 2 is 1.60 bits per heavy atom. The first-order valence-electron chi connectivity index (χ1n) is 13.5. The van der Waals surface area contributed by atoms with Crippen LogP contribution in [0.5, 0.6) is 5.75 Å². The van der Waals surface area contributed by atoms with Crippen molar-refractivity contribution in [1.82, 2.24) is 9.97 Å². The average Bonchev–Trinajstić information content (AvgIpc) is 2.90. The van der Waals surface area contributed by atoms with Crippen LogP contribution in [0.25, 0.3) is 11.4 Å². The number of nitrogens with zero attached hydrogens (tertiary/aromatic N) is 2. The summed E-state index contributed by atoms with van der Waals surface area (Å²) < 4.78 is 17.0. The second kappa shape index (κ2) is 13.1. The number of esters is 1. The Labute approximate surface area is 209 Å². The van der Waals surface area contributed by atoms with Crippen molar-refractivity contribution in [3.8, 4) is 17.1 Å². The van der Waals surface area contributed by atoms with Crippen LogP contribution >= 0.6 is 0 Å². The molecule has 6 heteroatoms. The number of aromatic nitrogens is 2. The number of unbranched alkanes of at least 4 members (excludes halogenated alkanes) is 2. The summed E-state index contributed by atoms with van der Waals surface area (Å²) in [5.74, 6) is 1.95. The lowest BCUT2D eigenvalue weighted by Gasteiger charge is -2.28. The van der Waals surface area contributed by atoms with Crippen LogP contribution in [-0.2, 0) is 14.3 Å². The number of carbonyl (C=O) groups is 1. The Balaban J connectivity index is 1.25. The molecular formula is C29H40N2O4. The van der Waals surface area contributed by atoms with E-state index in [1.54, 1.807) is 12.1 Å². The van der Waals surface area contributed by atoms with Gasteiger partial charge in [0.15, 0.2) is 12.1 Å². The van der Waals surface area contributed by atoms with E-state index in [4.69, 9.17) is 14.2 Å². The highest BCUT2D eigenvalue weighted by atomic mass is 16.7. The molecule has 2 fully saturated rings. The van der Waals surface area contributed by atoms with Crippen molar-refractivity contribution < 1.29 is 19.0 Å². The van der Waals surface area contributed by atoms with E-state index in [1.807, 2.05) is 24.5 Å². The monoisotopic (exact) mass is 480 g/mol. The van der Waals surface area contributed by atoms with Crippen molar-refractivity contribution >= 4 is 5.97 Å². The van der Waals surface area contributed by atoms with E-state index in [9.17, 15) is 4.79 Å². The molecule has 1 saturated carbocycles. The molecule has 0 unspecified atom stereocenters. The van der Waals surface area contributed by atoms with Gasteiger partial charge in [-0.05, 0) is 80.2 Å². The van der Waals surface area contributed by atoms with Gasteiger partial charge in [-0.1, -0.05) is 39.5 Å². The Hall–Kier alpha value is -2.31. The van der Waals surface area contributed by atoms with Crippen LogP contribution in [0.4, 0.5) is 0 Å². The van der Waals surface area contributed by atoms with Gasteiger partial charge in [-0.25, -0.2) is 9.97 Å². The zero-order chi connectivity index (χ0) is 24.5. The molecule has 0 amide bonds. The van der Waals surface area contributed by atoms with Gasteiger partial charge in [0.05, 0.1) is 13.2 Å². The van der Waals surface area contributed by atoms with Gasteiger partial charge in [-0.2, -0.15) is 0 Å². The van der Waals surface area contributed by atoms with Crippen LogP contribution in [0.3, 0.4) is 0 Å². The second-order valence-corrected chi connectivity index (χ2v) is 10.1. The maximum atomic E-state index is 12.5. The molecule has 6 nitrogen and oxygen atoms in total. The van der Waals surface area contributed by atoms with Crippen LogP contribution in [-0.4, -0.2) is 35.4 Å². The first kappa shape index (κ1) is 25.8. The Morgan fingerprint density at radius 1 is 0.914 bits per heavy atom. The smallest absolute Gasteiger partial charge is 0.319 e. The highest BCUT2D eigenvalue weighted by molar-refractivity contribution is 5.75. The fourth-order valence-corrected chi connectivity index (χ4v) is 5.17. The maximum absolute atomic E-state index is 12.5. The highest BCUT2D eigenvalue weighted by Crippen LogP contribution is 2.37. The van der Waals surface area contributed by atoms with Crippen LogP contribution in [0.1, 0.15) is 89.5 Å². The number of carbonyl (C=O) groups excluding carboxylic acids is 1. The van der Waals surface area contributed by atoms with E-state index >= 15 is 0 Å². The van der Waals surface area contributed by atoms with Crippen molar-refractivity contribution in [3.63, 3.8) is 0 Å². The van der Waals surface area contributed by atoms with Crippen molar-refractivity contribution in [2.24, 2.45) is 11.8 Å². The molecule has 35 heavy (non-hydrogen) atoms. The van der Waals surface area contributed by atoms with E-state index in [0.717, 1.165) is 30.7 Å². The molecule has 1 aromatic heterocycles. The largest absolute Gasteiger partial charge is 0.426 e. The molecule has 1 saturated heterocycles. The van der Waals surface area contributed by atoms with E-state index in [1.165, 1.54) is 50.5 Å². The molecule has 1 aliphatic carbocycles. The fourth-order valence-electron chi connectivity index (χ4n) is 5.17. The summed E-state index contributed by atoms with van der Waals surface area (Å²) in [5, 5.41) is 0. The molecule has 2 aliphatic rings. The van der Waals surface area contributed by atoms with Crippen molar-refractivity contribution in [2.45, 2.75) is 90.3 Å². The van der Waals surface area contributed by atoms with E-state index in [-0.39, 0.29) is 12.3 Å². The SMILES string of the molecule is CCCCCC1OCC(C(=O)Oc2ccc(-c3ncc([C@H]4CC[C@H](CCC)CC4)cn3)cc2)CO1. The van der Waals surface area contributed by atoms with Gasteiger partial charge in [-0.15, -0.1) is 0 Å². The molecule has 0 bridgehead atoms. The molecular weight excluding hydrogens is 440 g/mol. The van der Waals surface area contributed by atoms with E-state index < -0.39 is 5.92 Å². The second-order valence-electron chi connectivity index (χ2n) is 10.1. The lowest BCUT2D eigenvalue weighted by atomic mass is 9.78. The maximum Gasteiger partial charge on any atom is 0.319 e.